The van der Waals surface area contributed by atoms with Crippen LogP contribution >= 0.6 is 0 Å². The third-order valence-electron chi connectivity index (χ3n) is 5.13. The Labute approximate surface area is 162 Å². The summed E-state index contributed by atoms with van der Waals surface area (Å²) in [5, 5.41) is 9.07. The Morgan fingerprint density at radius 1 is 1.07 bits per heavy atom. The van der Waals surface area contributed by atoms with Crippen LogP contribution in [0.4, 0.5) is 5.69 Å². The molecule has 0 spiro atoms. The van der Waals surface area contributed by atoms with E-state index in [1.165, 1.54) is 0 Å². The molecule has 1 aromatic rings. The molecule has 0 saturated heterocycles. The van der Waals surface area contributed by atoms with Crippen molar-refractivity contribution < 1.29 is 14.7 Å². The number of nitrogens with zero attached hydrogens (tertiary/aromatic N) is 3. The second kappa shape index (κ2) is 11.0. The van der Waals surface area contributed by atoms with Gasteiger partial charge in [-0.25, -0.2) is 0 Å². The van der Waals surface area contributed by atoms with E-state index >= 15 is 0 Å². The Balaban J connectivity index is 2.23. The summed E-state index contributed by atoms with van der Waals surface area (Å²) in [5.74, 6) is 0.0712. The summed E-state index contributed by atoms with van der Waals surface area (Å²) in [7, 11) is 1.72. The van der Waals surface area contributed by atoms with Gasteiger partial charge in [0.1, 0.15) is 0 Å². The van der Waals surface area contributed by atoms with Gasteiger partial charge < -0.3 is 14.9 Å². The molecule has 1 aromatic carbocycles. The van der Waals surface area contributed by atoms with E-state index in [0.29, 0.717) is 19.6 Å². The number of aliphatic hydroxyl groups excluding tert-OH is 1. The van der Waals surface area contributed by atoms with Crippen molar-refractivity contribution in [3.8, 4) is 0 Å². The number of benzene rings is 1. The van der Waals surface area contributed by atoms with Gasteiger partial charge in [-0.15, -0.1) is 0 Å². The van der Waals surface area contributed by atoms with Crippen molar-refractivity contribution in [1.82, 2.24) is 9.80 Å². The average molecular weight is 376 g/mol. The van der Waals surface area contributed by atoms with Crippen LogP contribution in [0.2, 0.25) is 0 Å². The van der Waals surface area contributed by atoms with Crippen LogP contribution in [0.15, 0.2) is 24.3 Å². The highest BCUT2D eigenvalue weighted by molar-refractivity contribution is 5.92. The third kappa shape index (κ3) is 6.63. The van der Waals surface area contributed by atoms with Gasteiger partial charge in [0.25, 0.3) is 0 Å². The fourth-order valence-corrected chi connectivity index (χ4v) is 3.53. The fourth-order valence-electron chi connectivity index (χ4n) is 3.53. The summed E-state index contributed by atoms with van der Waals surface area (Å²) in [6.07, 6.45) is 5.49. The minimum Gasteiger partial charge on any atom is -0.395 e. The molecule has 2 amide bonds. The normalized spacial score (nSPS) is 16.8. The molecule has 6 nitrogen and oxygen atoms in total. The van der Waals surface area contributed by atoms with Crippen LogP contribution in [0.3, 0.4) is 0 Å². The largest absolute Gasteiger partial charge is 0.395 e. The fraction of sp³-hybridized carbons (Fsp3) is 0.619. The molecule has 0 fully saturated rings. The lowest BCUT2D eigenvalue weighted by atomic mass is 10.1. The molecule has 1 aliphatic heterocycles. The molecule has 0 aliphatic carbocycles. The molecule has 150 valence electrons. The Morgan fingerprint density at radius 2 is 1.74 bits per heavy atom. The molecule has 0 unspecified atom stereocenters. The Hall–Kier alpha value is -1.92. The van der Waals surface area contributed by atoms with Crippen LogP contribution in [0.1, 0.15) is 44.6 Å². The highest BCUT2D eigenvalue weighted by Gasteiger charge is 2.19. The number of fused-ring (bicyclic) bond motifs is 1. The van der Waals surface area contributed by atoms with E-state index in [1.807, 2.05) is 29.2 Å². The van der Waals surface area contributed by atoms with Crippen molar-refractivity contribution in [2.75, 3.05) is 44.7 Å². The maximum Gasteiger partial charge on any atom is 0.236 e. The number of likely N-dealkylation sites (N-methyl/N-ethyl adjacent to an activating group) is 1. The first-order valence-corrected chi connectivity index (χ1v) is 9.96. The van der Waals surface area contributed by atoms with Crippen molar-refractivity contribution >= 4 is 17.5 Å². The molecule has 1 aliphatic rings. The van der Waals surface area contributed by atoms with Gasteiger partial charge in [-0.1, -0.05) is 37.5 Å². The molecular weight excluding hydrogens is 342 g/mol. The summed E-state index contributed by atoms with van der Waals surface area (Å²) in [6.45, 7) is 4.50. The highest BCUT2D eigenvalue weighted by atomic mass is 16.3. The van der Waals surface area contributed by atoms with Crippen molar-refractivity contribution in [1.29, 1.82) is 0 Å². The lowest BCUT2D eigenvalue weighted by Crippen LogP contribution is -2.40. The van der Waals surface area contributed by atoms with E-state index in [0.717, 1.165) is 56.4 Å². The molecule has 27 heavy (non-hydrogen) atoms. The van der Waals surface area contributed by atoms with Crippen LogP contribution in [-0.2, 0) is 16.1 Å². The number of amides is 2. The van der Waals surface area contributed by atoms with E-state index in [4.69, 9.17) is 5.11 Å². The molecule has 0 saturated carbocycles. The van der Waals surface area contributed by atoms with Crippen LogP contribution in [-0.4, -0.2) is 66.6 Å². The van der Waals surface area contributed by atoms with E-state index in [2.05, 4.69) is 4.90 Å². The van der Waals surface area contributed by atoms with Gasteiger partial charge in [0.15, 0.2) is 0 Å². The zero-order valence-corrected chi connectivity index (χ0v) is 16.7. The summed E-state index contributed by atoms with van der Waals surface area (Å²) >= 11 is 0. The van der Waals surface area contributed by atoms with Crippen molar-refractivity contribution in [3.63, 3.8) is 0 Å². The SMILES string of the molecule is CC(=O)N1CCCCCCCN(CC(=O)N(C)CCO)Cc2ccccc21. The first-order valence-electron chi connectivity index (χ1n) is 9.96. The maximum atomic E-state index is 12.5. The molecule has 0 radical (unpaired) electrons. The number of carbonyl (C=O) groups excluding carboxylic acids is 2. The molecule has 2 rings (SSSR count). The summed E-state index contributed by atoms with van der Waals surface area (Å²) in [6, 6.07) is 8.00. The first kappa shape index (κ1) is 21.4. The van der Waals surface area contributed by atoms with E-state index < -0.39 is 0 Å². The number of para-hydroxylation sites is 1. The number of rotatable bonds is 4. The smallest absolute Gasteiger partial charge is 0.236 e. The average Bonchev–Trinajstić information content (AvgIpc) is 2.63. The zero-order chi connectivity index (χ0) is 19.6. The number of hydrogen-bond donors (Lipinski definition) is 1. The van der Waals surface area contributed by atoms with Crippen LogP contribution in [0, 0.1) is 0 Å². The molecule has 0 bridgehead atoms. The number of anilines is 1. The van der Waals surface area contributed by atoms with Crippen LogP contribution in [0.5, 0.6) is 0 Å². The second-order valence-electron chi connectivity index (χ2n) is 7.32. The van der Waals surface area contributed by atoms with E-state index in [-0.39, 0.29) is 18.4 Å². The molecule has 0 aromatic heterocycles. The number of aliphatic hydroxyl groups is 1. The van der Waals surface area contributed by atoms with Crippen molar-refractivity contribution in [2.45, 2.75) is 45.6 Å². The lowest BCUT2D eigenvalue weighted by Gasteiger charge is -2.29. The van der Waals surface area contributed by atoms with Crippen LogP contribution < -0.4 is 4.90 Å². The minimum atomic E-state index is -0.0291. The van der Waals surface area contributed by atoms with E-state index in [1.54, 1.807) is 18.9 Å². The summed E-state index contributed by atoms with van der Waals surface area (Å²) in [4.78, 5) is 30.3. The highest BCUT2D eigenvalue weighted by Crippen LogP contribution is 2.24. The zero-order valence-electron chi connectivity index (χ0n) is 16.7. The summed E-state index contributed by atoms with van der Waals surface area (Å²) < 4.78 is 0. The molecule has 1 heterocycles. The second-order valence-corrected chi connectivity index (χ2v) is 7.32. The molecular formula is C21H33N3O3. The standard InChI is InChI=1S/C21H33N3O3/c1-18(26)24-13-9-5-3-4-8-12-23(17-21(27)22(2)14-15-25)16-19-10-6-7-11-20(19)24/h6-7,10-11,25H,3-5,8-9,12-17H2,1-2H3. The third-order valence-corrected chi connectivity index (χ3v) is 5.13. The van der Waals surface area contributed by atoms with Crippen molar-refractivity contribution in [3.05, 3.63) is 29.8 Å². The van der Waals surface area contributed by atoms with Gasteiger partial charge in [0.05, 0.1) is 13.2 Å². The van der Waals surface area contributed by atoms with Crippen LogP contribution in [0.25, 0.3) is 0 Å². The number of hydrogen-bond acceptors (Lipinski definition) is 4. The number of carbonyl (C=O) groups is 2. The Morgan fingerprint density at radius 3 is 2.44 bits per heavy atom. The van der Waals surface area contributed by atoms with Gasteiger partial charge >= 0.3 is 0 Å². The van der Waals surface area contributed by atoms with Gasteiger partial charge in [-0.2, -0.15) is 0 Å². The quantitative estimate of drug-likeness (QED) is 0.877. The predicted octanol–water partition coefficient (Wildman–Crippen LogP) is 2.26. The van der Waals surface area contributed by atoms with Gasteiger partial charge in [-0.3, -0.25) is 14.5 Å². The van der Waals surface area contributed by atoms with Crippen molar-refractivity contribution in [2.24, 2.45) is 0 Å². The topological polar surface area (TPSA) is 64.1 Å². The maximum absolute atomic E-state index is 12.5. The molecule has 1 N–H and O–H groups in total. The monoisotopic (exact) mass is 375 g/mol. The Bertz CT molecular complexity index is 620. The lowest BCUT2D eigenvalue weighted by molar-refractivity contribution is -0.131. The Kier molecular flexibility index (Phi) is 8.75. The molecule has 6 heteroatoms. The summed E-state index contributed by atoms with van der Waals surface area (Å²) in [5.41, 5.74) is 2.03. The molecule has 0 atom stereocenters. The van der Waals surface area contributed by atoms with Gasteiger partial charge in [-0.05, 0) is 31.0 Å². The predicted molar refractivity (Wildman–Crippen MR) is 108 cm³/mol. The van der Waals surface area contributed by atoms with Gasteiger partial charge in [0, 0.05) is 39.3 Å². The van der Waals surface area contributed by atoms with Gasteiger partial charge in [0.2, 0.25) is 11.8 Å². The minimum absolute atomic E-state index is 0.0112. The first-order chi connectivity index (χ1) is 13.0. The van der Waals surface area contributed by atoms with E-state index in [9.17, 15) is 9.59 Å².